The van der Waals surface area contributed by atoms with E-state index < -0.39 is 16.2 Å². The van der Waals surface area contributed by atoms with E-state index >= 15 is 0 Å². The fourth-order valence-electron chi connectivity index (χ4n) is 2.35. The summed E-state index contributed by atoms with van der Waals surface area (Å²) in [4.78, 5) is 11.3. The first-order chi connectivity index (χ1) is 9.95. The topological polar surface area (TPSA) is 76.2 Å². The molecular weight excluding hydrogens is 296 g/mol. The zero-order chi connectivity index (χ0) is 15.9. The monoisotopic (exact) mass is 322 g/mol. The molecule has 1 aliphatic rings. The summed E-state index contributed by atoms with van der Waals surface area (Å²) in [6.07, 6.45) is 1.75. The lowest BCUT2D eigenvalue weighted by atomic mass is 10.2. The summed E-state index contributed by atoms with van der Waals surface area (Å²) >= 11 is 0. The highest BCUT2D eigenvalue weighted by Crippen LogP contribution is 2.17. The third-order valence-electron chi connectivity index (χ3n) is 3.58. The van der Waals surface area contributed by atoms with E-state index in [-0.39, 0.29) is 25.6 Å². The van der Waals surface area contributed by atoms with Crippen LogP contribution in [-0.2, 0) is 24.5 Å². The second kappa shape index (κ2) is 8.67. The molecule has 1 unspecified atom stereocenters. The van der Waals surface area contributed by atoms with Gasteiger partial charge in [0, 0.05) is 32.8 Å². The Morgan fingerprint density at radius 1 is 1.29 bits per heavy atom. The third kappa shape index (κ3) is 5.21. The van der Waals surface area contributed by atoms with Crippen molar-refractivity contribution in [1.82, 2.24) is 8.61 Å². The molecule has 8 heteroatoms. The molecule has 1 atom stereocenters. The molecule has 1 fully saturated rings. The van der Waals surface area contributed by atoms with Crippen LogP contribution < -0.4 is 0 Å². The predicted octanol–water partition coefficient (Wildman–Crippen LogP) is 0.617. The largest absolute Gasteiger partial charge is 0.469 e. The second-order valence-corrected chi connectivity index (χ2v) is 6.84. The maximum atomic E-state index is 12.6. The minimum Gasteiger partial charge on any atom is -0.469 e. The molecule has 0 saturated carbocycles. The molecule has 0 bridgehead atoms. The van der Waals surface area contributed by atoms with Crippen LogP contribution in [0.3, 0.4) is 0 Å². The van der Waals surface area contributed by atoms with E-state index in [1.807, 2.05) is 0 Å². The van der Waals surface area contributed by atoms with Crippen molar-refractivity contribution in [3.8, 4) is 0 Å². The quantitative estimate of drug-likeness (QED) is 0.582. The number of methoxy groups -OCH3 is 1. The maximum absolute atomic E-state index is 12.6. The lowest BCUT2D eigenvalue weighted by molar-refractivity contribution is -0.140. The zero-order valence-corrected chi connectivity index (χ0v) is 13.9. The summed E-state index contributed by atoms with van der Waals surface area (Å²) < 4.78 is 38.1. The standard InChI is InChI=1S/C13H26N2O5S/c1-4-14(5-2)21(17,18)15(9-8-13(16)19-3)11-12-7-6-10-20-12/h12H,4-11H2,1-3H3. The van der Waals surface area contributed by atoms with Gasteiger partial charge in [-0.05, 0) is 12.8 Å². The number of hydrogen-bond donors (Lipinski definition) is 0. The highest BCUT2D eigenvalue weighted by atomic mass is 32.2. The van der Waals surface area contributed by atoms with Gasteiger partial charge < -0.3 is 9.47 Å². The van der Waals surface area contributed by atoms with E-state index in [4.69, 9.17) is 4.74 Å². The van der Waals surface area contributed by atoms with E-state index in [9.17, 15) is 13.2 Å². The molecular formula is C13H26N2O5S. The molecule has 0 aliphatic carbocycles. The number of carbonyl (C=O) groups is 1. The predicted molar refractivity (Wildman–Crippen MR) is 79.0 cm³/mol. The molecule has 1 rings (SSSR count). The Balaban J connectivity index is 2.80. The van der Waals surface area contributed by atoms with Crippen LogP contribution in [0, 0.1) is 0 Å². The minimum atomic E-state index is -3.58. The number of ether oxygens (including phenoxy) is 2. The molecule has 0 amide bonds. The highest BCUT2D eigenvalue weighted by Gasteiger charge is 2.31. The van der Waals surface area contributed by atoms with Gasteiger partial charge in [-0.15, -0.1) is 0 Å². The van der Waals surface area contributed by atoms with Crippen molar-refractivity contribution >= 4 is 16.2 Å². The molecule has 0 aromatic rings. The summed E-state index contributed by atoms with van der Waals surface area (Å²) in [6, 6.07) is 0. The summed E-state index contributed by atoms with van der Waals surface area (Å²) in [6.45, 7) is 5.47. The summed E-state index contributed by atoms with van der Waals surface area (Å²) in [5.41, 5.74) is 0. The molecule has 1 aliphatic heterocycles. The van der Waals surface area contributed by atoms with Crippen LogP contribution in [0.25, 0.3) is 0 Å². The van der Waals surface area contributed by atoms with Gasteiger partial charge in [0.2, 0.25) is 0 Å². The number of rotatable bonds is 9. The first-order valence-electron chi connectivity index (χ1n) is 7.39. The molecule has 0 N–H and O–H groups in total. The fourth-order valence-corrected chi connectivity index (χ4v) is 4.00. The van der Waals surface area contributed by atoms with Crippen LogP contribution in [0.1, 0.15) is 33.1 Å². The van der Waals surface area contributed by atoms with Crippen LogP contribution >= 0.6 is 0 Å². The normalized spacial score (nSPS) is 19.4. The lowest BCUT2D eigenvalue weighted by Crippen LogP contribution is -2.47. The SMILES string of the molecule is CCN(CC)S(=O)(=O)N(CCC(=O)OC)CC1CCCO1. The smallest absolute Gasteiger partial charge is 0.306 e. The number of nitrogens with zero attached hydrogens (tertiary/aromatic N) is 2. The number of carbonyl (C=O) groups excluding carboxylic acids is 1. The van der Waals surface area contributed by atoms with Gasteiger partial charge in [-0.3, -0.25) is 4.79 Å². The minimum absolute atomic E-state index is 0.0454. The Morgan fingerprint density at radius 2 is 1.95 bits per heavy atom. The Morgan fingerprint density at radius 3 is 2.43 bits per heavy atom. The summed E-state index contributed by atoms with van der Waals surface area (Å²) in [5, 5.41) is 0. The van der Waals surface area contributed by atoms with Gasteiger partial charge in [-0.25, -0.2) is 0 Å². The molecule has 1 heterocycles. The average molecular weight is 322 g/mol. The van der Waals surface area contributed by atoms with Crippen molar-refractivity contribution in [1.29, 1.82) is 0 Å². The van der Waals surface area contributed by atoms with Gasteiger partial charge in [0.15, 0.2) is 0 Å². The van der Waals surface area contributed by atoms with Gasteiger partial charge >= 0.3 is 5.97 Å². The van der Waals surface area contributed by atoms with E-state index in [1.54, 1.807) is 13.8 Å². The molecule has 124 valence electrons. The van der Waals surface area contributed by atoms with Crippen LogP contribution in [0.15, 0.2) is 0 Å². The van der Waals surface area contributed by atoms with Crippen molar-refractivity contribution in [2.45, 2.75) is 39.2 Å². The third-order valence-corrected chi connectivity index (χ3v) is 5.74. The van der Waals surface area contributed by atoms with Crippen LogP contribution in [-0.4, -0.2) is 69.0 Å². The van der Waals surface area contributed by atoms with Gasteiger partial charge in [0.1, 0.15) is 0 Å². The van der Waals surface area contributed by atoms with E-state index in [0.717, 1.165) is 12.8 Å². The average Bonchev–Trinajstić information content (AvgIpc) is 2.96. The summed E-state index contributed by atoms with van der Waals surface area (Å²) in [5.74, 6) is -0.415. The van der Waals surface area contributed by atoms with Crippen molar-refractivity contribution < 1.29 is 22.7 Å². The fraction of sp³-hybridized carbons (Fsp3) is 0.923. The molecule has 7 nitrogen and oxygen atoms in total. The van der Waals surface area contributed by atoms with Gasteiger partial charge in [-0.1, -0.05) is 13.8 Å². The molecule has 0 aromatic carbocycles. The molecule has 21 heavy (non-hydrogen) atoms. The Kier molecular flexibility index (Phi) is 7.58. The van der Waals surface area contributed by atoms with E-state index in [1.165, 1.54) is 15.7 Å². The Bertz CT molecular complexity index is 416. The lowest BCUT2D eigenvalue weighted by Gasteiger charge is -2.29. The van der Waals surface area contributed by atoms with Gasteiger partial charge in [-0.2, -0.15) is 17.0 Å². The second-order valence-electron chi connectivity index (χ2n) is 4.91. The molecule has 0 spiro atoms. The molecule has 0 aromatic heterocycles. The first kappa shape index (κ1) is 18.3. The molecule has 1 saturated heterocycles. The Hall–Kier alpha value is -0.700. The van der Waals surface area contributed by atoms with Gasteiger partial charge in [0.05, 0.1) is 19.6 Å². The van der Waals surface area contributed by atoms with E-state index in [2.05, 4.69) is 4.74 Å². The Labute approximate surface area is 127 Å². The van der Waals surface area contributed by atoms with Crippen LogP contribution in [0.5, 0.6) is 0 Å². The van der Waals surface area contributed by atoms with Crippen molar-refractivity contribution in [2.24, 2.45) is 0 Å². The first-order valence-corrected chi connectivity index (χ1v) is 8.79. The highest BCUT2D eigenvalue weighted by molar-refractivity contribution is 7.86. The van der Waals surface area contributed by atoms with Crippen molar-refractivity contribution in [2.75, 3.05) is 39.9 Å². The molecule has 0 radical (unpaired) electrons. The number of hydrogen-bond acceptors (Lipinski definition) is 5. The van der Waals surface area contributed by atoms with Crippen molar-refractivity contribution in [3.63, 3.8) is 0 Å². The zero-order valence-electron chi connectivity index (χ0n) is 13.1. The number of esters is 1. The maximum Gasteiger partial charge on any atom is 0.306 e. The summed E-state index contributed by atoms with van der Waals surface area (Å²) in [7, 11) is -2.28. The van der Waals surface area contributed by atoms with Crippen LogP contribution in [0.2, 0.25) is 0 Å². The van der Waals surface area contributed by atoms with E-state index in [0.29, 0.717) is 19.7 Å². The van der Waals surface area contributed by atoms with Crippen molar-refractivity contribution in [3.05, 3.63) is 0 Å². The van der Waals surface area contributed by atoms with Gasteiger partial charge in [0.25, 0.3) is 10.2 Å². The van der Waals surface area contributed by atoms with Crippen LogP contribution in [0.4, 0.5) is 0 Å².